The second-order valence-corrected chi connectivity index (χ2v) is 6.13. The second-order valence-electron chi connectivity index (χ2n) is 6.13. The molecule has 0 saturated heterocycles. The standard InChI is InChI=1S/C18H17NO4/c1-21-17-10-5-3-2-4-9(10)15-14-11(12(20)7-19-16(14)17)6-13-18(15)23-8-22-13/h2-6,12,16-17,19-20H,7-8H2,1H3/t12-,16-,17-/m0/s1. The zero-order chi connectivity index (χ0) is 15.6. The van der Waals surface area contributed by atoms with Gasteiger partial charge < -0.3 is 24.6 Å². The lowest BCUT2D eigenvalue weighted by atomic mass is 9.75. The summed E-state index contributed by atoms with van der Waals surface area (Å²) in [5, 5.41) is 13.9. The molecule has 5 heteroatoms. The second kappa shape index (κ2) is 4.71. The van der Waals surface area contributed by atoms with Crippen LogP contribution in [0.2, 0.25) is 0 Å². The molecule has 2 aromatic rings. The molecule has 2 heterocycles. The van der Waals surface area contributed by atoms with Crippen LogP contribution in [0.1, 0.15) is 34.9 Å². The molecule has 0 aromatic heterocycles. The minimum Gasteiger partial charge on any atom is -0.454 e. The molecule has 23 heavy (non-hydrogen) atoms. The molecule has 118 valence electrons. The van der Waals surface area contributed by atoms with E-state index in [1.54, 1.807) is 7.11 Å². The molecule has 0 amide bonds. The van der Waals surface area contributed by atoms with E-state index in [2.05, 4.69) is 17.4 Å². The molecule has 2 N–H and O–H groups in total. The van der Waals surface area contributed by atoms with Crippen molar-refractivity contribution >= 4 is 0 Å². The van der Waals surface area contributed by atoms with Crippen LogP contribution in [0.4, 0.5) is 0 Å². The van der Waals surface area contributed by atoms with Crippen molar-refractivity contribution in [2.45, 2.75) is 18.2 Å². The fourth-order valence-electron chi connectivity index (χ4n) is 4.08. The molecular formula is C18H17NO4. The fourth-order valence-corrected chi connectivity index (χ4v) is 4.08. The van der Waals surface area contributed by atoms with E-state index in [4.69, 9.17) is 14.2 Å². The molecule has 2 aromatic carbocycles. The number of rotatable bonds is 1. The number of β-amino-alcohol motifs (C(OH)–C–C–N with tert-alkyl or cyclic N) is 1. The van der Waals surface area contributed by atoms with E-state index in [-0.39, 0.29) is 18.9 Å². The molecule has 5 nitrogen and oxygen atoms in total. The Balaban J connectivity index is 1.89. The van der Waals surface area contributed by atoms with Gasteiger partial charge in [-0.05, 0) is 28.3 Å². The number of aliphatic hydroxyl groups excluding tert-OH is 1. The summed E-state index contributed by atoms with van der Waals surface area (Å²) >= 11 is 0. The summed E-state index contributed by atoms with van der Waals surface area (Å²) in [6.07, 6.45) is -0.650. The van der Waals surface area contributed by atoms with E-state index >= 15 is 0 Å². The zero-order valence-corrected chi connectivity index (χ0v) is 12.7. The van der Waals surface area contributed by atoms with Crippen LogP contribution in [0.3, 0.4) is 0 Å². The third kappa shape index (κ3) is 1.67. The Hall–Kier alpha value is -2.08. The highest BCUT2D eigenvalue weighted by Gasteiger charge is 2.42. The third-order valence-electron chi connectivity index (χ3n) is 5.03. The van der Waals surface area contributed by atoms with Crippen LogP contribution in [-0.4, -0.2) is 25.6 Å². The fraction of sp³-hybridized carbons (Fsp3) is 0.333. The Kier molecular flexibility index (Phi) is 2.74. The lowest BCUT2D eigenvalue weighted by molar-refractivity contribution is 0.0506. The van der Waals surface area contributed by atoms with E-state index in [1.807, 2.05) is 18.2 Å². The van der Waals surface area contributed by atoms with Crippen LogP contribution in [-0.2, 0) is 4.74 Å². The van der Waals surface area contributed by atoms with Gasteiger partial charge in [0.15, 0.2) is 11.5 Å². The highest BCUT2D eigenvalue weighted by molar-refractivity contribution is 5.84. The van der Waals surface area contributed by atoms with Gasteiger partial charge in [0.05, 0.1) is 12.1 Å². The zero-order valence-electron chi connectivity index (χ0n) is 12.7. The normalized spacial score (nSPS) is 26.6. The molecule has 0 radical (unpaired) electrons. The van der Waals surface area contributed by atoms with Crippen LogP contribution in [0.15, 0.2) is 30.3 Å². The first kappa shape index (κ1) is 13.4. The molecule has 3 aliphatic rings. The van der Waals surface area contributed by atoms with Gasteiger partial charge in [0, 0.05) is 19.2 Å². The van der Waals surface area contributed by atoms with Crippen molar-refractivity contribution in [2.24, 2.45) is 0 Å². The lowest BCUT2D eigenvalue weighted by Gasteiger charge is -2.40. The van der Waals surface area contributed by atoms with Crippen LogP contribution >= 0.6 is 0 Å². The Bertz CT molecular complexity index is 804. The number of fused-ring (bicyclic) bond motifs is 4. The van der Waals surface area contributed by atoms with Gasteiger partial charge in [-0.15, -0.1) is 0 Å². The Morgan fingerprint density at radius 3 is 2.96 bits per heavy atom. The molecule has 0 fully saturated rings. The molecule has 0 spiro atoms. The summed E-state index contributed by atoms with van der Waals surface area (Å²) in [7, 11) is 1.73. The molecule has 5 rings (SSSR count). The number of nitrogens with one attached hydrogen (secondary N) is 1. The van der Waals surface area contributed by atoms with Gasteiger partial charge in [-0.25, -0.2) is 0 Å². The minimum absolute atomic E-state index is 0.00204. The molecule has 3 atom stereocenters. The SMILES string of the molecule is CO[C@H]1c2ccccc2-c2c3c(cc4c2[C@@H]1NC[C@@H]4O)OCO3. The van der Waals surface area contributed by atoms with E-state index in [1.165, 1.54) is 0 Å². The largest absolute Gasteiger partial charge is 0.454 e. The first-order valence-electron chi connectivity index (χ1n) is 7.79. The van der Waals surface area contributed by atoms with E-state index in [9.17, 15) is 5.11 Å². The summed E-state index contributed by atoms with van der Waals surface area (Å²) in [5.74, 6) is 1.48. The van der Waals surface area contributed by atoms with Crippen molar-refractivity contribution in [3.05, 3.63) is 47.0 Å². The quantitative estimate of drug-likeness (QED) is 0.847. The molecule has 0 unspecified atom stereocenters. The number of benzene rings is 2. The van der Waals surface area contributed by atoms with Crippen molar-refractivity contribution in [1.82, 2.24) is 5.32 Å². The predicted octanol–water partition coefficient (Wildman–Crippen LogP) is 2.46. The third-order valence-corrected chi connectivity index (χ3v) is 5.03. The van der Waals surface area contributed by atoms with Gasteiger partial charge in [-0.3, -0.25) is 0 Å². The van der Waals surface area contributed by atoms with Crippen LogP contribution in [0.25, 0.3) is 11.1 Å². The number of aliphatic hydroxyl groups is 1. The predicted molar refractivity (Wildman–Crippen MR) is 83.5 cm³/mol. The smallest absolute Gasteiger partial charge is 0.231 e. The number of methoxy groups -OCH3 is 1. The topological polar surface area (TPSA) is 60.0 Å². The van der Waals surface area contributed by atoms with Gasteiger partial charge in [0.25, 0.3) is 0 Å². The summed E-state index contributed by atoms with van der Waals surface area (Å²) in [4.78, 5) is 0. The van der Waals surface area contributed by atoms with E-state index < -0.39 is 6.10 Å². The van der Waals surface area contributed by atoms with E-state index in [0.717, 1.165) is 33.6 Å². The van der Waals surface area contributed by atoms with Gasteiger partial charge in [-0.1, -0.05) is 24.3 Å². The summed E-state index contributed by atoms with van der Waals surface area (Å²) < 4.78 is 17.2. The average molecular weight is 311 g/mol. The van der Waals surface area contributed by atoms with Crippen molar-refractivity contribution < 1.29 is 19.3 Å². The van der Waals surface area contributed by atoms with Crippen molar-refractivity contribution in [3.8, 4) is 22.6 Å². The highest BCUT2D eigenvalue weighted by atomic mass is 16.7. The van der Waals surface area contributed by atoms with Crippen molar-refractivity contribution in [2.75, 3.05) is 20.4 Å². The van der Waals surface area contributed by atoms with Gasteiger partial charge in [0.2, 0.25) is 6.79 Å². The minimum atomic E-state index is -0.558. The van der Waals surface area contributed by atoms with Gasteiger partial charge in [0.1, 0.15) is 6.10 Å². The molecule has 2 aliphatic heterocycles. The molecule has 0 bridgehead atoms. The lowest BCUT2D eigenvalue weighted by Crippen LogP contribution is -2.39. The van der Waals surface area contributed by atoms with Gasteiger partial charge >= 0.3 is 0 Å². The molecular weight excluding hydrogens is 294 g/mol. The van der Waals surface area contributed by atoms with Crippen LogP contribution in [0, 0.1) is 0 Å². The first-order valence-corrected chi connectivity index (χ1v) is 7.79. The number of hydrogen-bond donors (Lipinski definition) is 2. The monoisotopic (exact) mass is 311 g/mol. The maximum Gasteiger partial charge on any atom is 0.231 e. The van der Waals surface area contributed by atoms with Crippen LogP contribution in [0.5, 0.6) is 11.5 Å². The maximum absolute atomic E-state index is 10.5. The Morgan fingerprint density at radius 1 is 1.22 bits per heavy atom. The number of ether oxygens (including phenoxy) is 3. The Labute approximate surface area is 133 Å². The molecule has 0 saturated carbocycles. The summed E-state index contributed by atoms with van der Waals surface area (Å²) in [5.41, 5.74) is 5.22. The highest BCUT2D eigenvalue weighted by Crippen LogP contribution is 2.56. The van der Waals surface area contributed by atoms with Crippen molar-refractivity contribution in [1.29, 1.82) is 0 Å². The Morgan fingerprint density at radius 2 is 2.09 bits per heavy atom. The summed E-state index contributed by atoms with van der Waals surface area (Å²) in [6.45, 7) is 0.716. The average Bonchev–Trinajstić information content (AvgIpc) is 3.05. The van der Waals surface area contributed by atoms with Gasteiger partial charge in [-0.2, -0.15) is 0 Å². The summed E-state index contributed by atoms with van der Waals surface area (Å²) in [6, 6.07) is 10.1. The van der Waals surface area contributed by atoms with Crippen molar-refractivity contribution in [3.63, 3.8) is 0 Å². The maximum atomic E-state index is 10.5. The number of hydrogen-bond acceptors (Lipinski definition) is 5. The molecule has 1 aliphatic carbocycles. The first-order chi connectivity index (χ1) is 11.3. The van der Waals surface area contributed by atoms with E-state index in [0.29, 0.717) is 12.3 Å². The van der Waals surface area contributed by atoms with Crippen LogP contribution < -0.4 is 14.8 Å².